The van der Waals surface area contributed by atoms with E-state index in [9.17, 15) is 4.79 Å². The maximum absolute atomic E-state index is 12.2. The van der Waals surface area contributed by atoms with Crippen LogP contribution in [0.5, 0.6) is 0 Å². The molecule has 3 rings (SSSR count). The Bertz CT molecular complexity index is 750. The summed E-state index contributed by atoms with van der Waals surface area (Å²) in [5, 5.41) is 1.65. The Labute approximate surface area is 147 Å². The second-order valence-corrected chi connectivity index (χ2v) is 7.33. The molecule has 0 radical (unpaired) electrons. The van der Waals surface area contributed by atoms with Crippen molar-refractivity contribution in [3.63, 3.8) is 0 Å². The molecule has 0 spiro atoms. The molecule has 0 unspecified atom stereocenters. The summed E-state index contributed by atoms with van der Waals surface area (Å²) >= 11 is 6.27. The molecule has 1 aromatic heterocycles. The predicted molar refractivity (Wildman–Crippen MR) is 96.8 cm³/mol. The zero-order chi connectivity index (χ0) is 17.3. The normalized spacial score (nSPS) is 15.7. The molecule has 0 atom stereocenters. The van der Waals surface area contributed by atoms with E-state index in [1.54, 1.807) is 11.1 Å². The number of ether oxygens (including phenoxy) is 1. The molecular weight excluding hydrogens is 326 g/mol. The number of carbonyl (C=O) groups is 1. The van der Waals surface area contributed by atoms with Crippen LogP contribution in [0, 0.1) is 0 Å². The zero-order valence-corrected chi connectivity index (χ0v) is 15.0. The number of rotatable bonds is 1. The second kappa shape index (κ2) is 6.48. The van der Waals surface area contributed by atoms with Crippen molar-refractivity contribution in [2.75, 3.05) is 31.1 Å². The van der Waals surface area contributed by atoms with Crippen molar-refractivity contribution in [1.29, 1.82) is 0 Å². The summed E-state index contributed by atoms with van der Waals surface area (Å²) in [6.07, 6.45) is 1.53. The fourth-order valence-electron chi connectivity index (χ4n) is 2.83. The highest BCUT2D eigenvalue weighted by molar-refractivity contribution is 6.35. The topological polar surface area (TPSA) is 45.7 Å². The van der Waals surface area contributed by atoms with E-state index in [4.69, 9.17) is 16.3 Å². The SMILES string of the molecule is CC(C)(C)OC(=O)N1CCN(c2ccc(Cl)c3cccnc23)CC1. The molecule has 2 heterocycles. The van der Waals surface area contributed by atoms with Gasteiger partial charge < -0.3 is 14.5 Å². The van der Waals surface area contributed by atoms with Crippen LogP contribution in [-0.4, -0.2) is 47.8 Å². The van der Waals surface area contributed by atoms with Crippen molar-refractivity contribution in [1.82, 2.24) is 9.88 Å². The van der Waals surface area contributed by atoms with E-state index in [-0.39, 0.29) is 6.09 Å². The van der Waals surface area contributed by atoms with Gasteiger partial charge in [-0.2, -0.15) is 0 Å². The number of anilines is 1. The van der Waals surface area contributed by atoms with Gasteiger partial charge in [0.05, 0.1) is 16.2 Å². The summed E-state index contributed by atoms with van der Waals surface area (Å²) in [5.41, 5.74) is 1.49. The van der Waals surface area contributed by atoms with E-state index in [1.807, 2.05) is 45.0 Å². The fraction of sp³-hybridized carbons (Fsp3) is 0.444. The molecule has 1 fully saturated rings. The quantitative estimate of drug-likeness (QED) is 0.783. The van der Waals surface area contributed by atoms with Crippen LogP contribution in [0.1, 0.15) is 20.8 Å². The third-order valence-electron chi connectivity index (χ3n) is 3.97. The van der Waals surface area contributed by atoms with Gasteiger partial charge in [0.25, 0.3) is 0 Å². The Morgan fingerprint density at radius 2 is 1.88 bits per heavy atom. The molecule has 2 aromatic rings. The number of hydrogen-bond acceptors (Lipinski definition) is 4. The van der Waals surface area contributed by atoms with Gasteiger partial charge in [-0.05, 0) is 45.0 Å². The number of fused-ring (bicyclic) bond motifs is 1. The van der Waals surface area contributed by atoms with E-state index >= 15 is 0 Å². The van der Waals surface area contributed by atoms with Crippen LogP contribution in [-0.2, 0) is 4.74 Å². The summed E-state index contributed by atoms with van der Waals surface area (Å²) in [4.78, 5) is 20.7. The van der Waals surface area contributed by atoms with Crippen LogP contribution >= 0.6 is 11.6 Å². The van der Waals surface area contributed by atoms with Crippen molar-refractivity contribution in [3.8, 4) is 0 Å². The van der Waals surface area contributed by atoms with Gasteiger partial charge in [-0.3, -0.25) is 4.98 Å². The van der Waals surface area contributed by atoms with E-state index in [0.29, 0.717) is 18.1 Å². The van der Waals surface area contributed by atoms with Crippen LogP contribution in [0.25, 0.3) is 10.9 Å². The van der Waals surface area contributed by atoms with Crippen LogP contribution in [0.3, 0.4) is 0 Å². The summed E-state index contributed by atoms with van der Waals surface area (Å²) in [6.45, 7) is 8.39. The molecule has 0 aliphatic carbocycles. The minimum Gasteiger partial charge on any atom is -0.444 e. The first-order valence-corrected chi connectivity index (χ1v) is 8.49. The molecule has 0 saturated carbocycles. The van der Waals surface area contributed by atoms with Gasteiger partial charge in [0.1, 0.15) is 5.60 Å². The lowest BCUT2D eigenvalue weighted by Crippen LogP contribution is -2.50. The Morgan fingerprint density at radius 1 is 1.17 bits per heavy atom. The third kappa shape index (κ3) is 3.56. The zero-order valence-electron chi connectivity index (χ0n) is 14.3. The lowest BCUT2D eigenvalue weighted by atomic mass is 10.1. The smallest absolute Gasteiger partial charge is 0.410 e. The molecule has 0 bridgehead atoms. The van der Waals surface area contributed by atoms with Gasteiger partial charge in [-0.1, -0.05) is 11.6 Å². The monoisotopic (exact) mass is 347 g/mol. The summed E-state index contributed by atoms with van der Waals surface area (Å²) in [5.74, 6) is 0. The minimum absolute atomic E-state index is 0.249. The van der Waals surface area contributed by atoms with E-state index < -0.39 is 5.60 Å². The number of piperazine rings is 1. The Balaban J connectivity index is 1.74. The Morgan fingerprint density at radius 3 is 2.54 bits per heavy atom. The summed E-state index contributed by atoms with van der Waals surface area (Å²) in [6, 6.07) is 7.77. The summed E-state index contributed by atoms with van der Waals surface area (Å²) < 4.78 is 5.44. The Kier molecular flexibility index (Phi) is 4.54. The highest BCUT2D eigenvalue weighted by Crippen LogP contribution is 2.31. The molecule has 1 aliphatic heterocycles. The Hall–Kier alpha value is -2.01. The first-order chi connectivity index (χ1) is 11.3. The van der Waals surface area contributed by atoms with Crippen molar-refractivity contribution in [3.05, 3.63) is 35.5 Å². The third-order valence-corrected chi connectivity index (χ3v) is 4.30. The predicted octanol–water partition coefficient (Wildman–Crippen LogP) is 3.95. The maximum Gasteiger partial charge on any atom is 0.410 e. The number of aromatic nitrogens is 1. The number of amides is 1. The first-order valence-electron chi connectivity index (χ1n) is 8.11. The van der Waals surface area contributed by atoms with E-state index in [2.05, 4.69) is 9.88 Å². The molecule has 1 amide bonds. The van der Waals surface area contributed by atoms with Gasteiger partial charge in [0.15, 0.2) is 0 Å². The molecule has 1 aromatic carbocycles. The molecule has 0 N–H and O–H groups in total. The van der Waals surface area contributed by atoms with Gasteiger partial charge in [-0.25, -0.2) is 4.79 Å². The number of halogens is 1. The second-order valence-electron chi connectivity index (χ2n) is 6.92. The standard InChI is InChI=1S/C18H22ClN3O2/c1-18(2,3)24-17(23)22-11-9-21(10-12-22)15-7-6-14(19)13-5-4-8-20-16(13)15/h4-8H,9-12H2,1-3H3. The molecule has 6 heteroatoms. The van der Waals surface area contributed by atoms with Crippen molar-refractivity contribution in [2.45, 2.75) is 26.4 Å². The number of hydrogen-bond donors (Lipinski definition) is 0. The average Bonchev–Trinajstić information content (AvgIpc) is 2.54. The van der Waals surface area contributed by atoms with Crippen molar-refractivity contribution in [2.24, 2.45) is 0 Å². The van der Waals surface area contributed by atoms with Gasteiger partial charge in [-0.15, -0.1) is 0 Å². The van der Waals surface area contributed by atoms with Gasteiger partial charge in [0.2, 0.25) is 0 Å². The largest absolute Gasteiger partial charge is 0.444 e. The van der Waals surface area contributed by atoms with Gasteiger partial charge in [0, 0.05) is 37.8 Å². The van der Waals surface area contributed by atoms with Crippen molar-refractivity contribution < 1.29 is 9.53 Å². The molecule has 1 saturated heterocycles. The average molecular weight is 348 g/mol. The number of benzene rings is 1. The molecule has 1 aliphatic rings. The van der Waals surface area contributed by atoms with E-state index in [0.717, 1.165) is 29.7 Å². The maximum atomic E-state index is 12.2. The van der Waals surface area contributed by atoms with Gasteiger partial charge >= 0.3 is 6.09 Å². The highest BCUT2D eigenvalue weighted by atomic mass is 35.5. The van der Waals surface area contributed by atoms with Crippen LogP contribution in [0.2, 0.25) is 5.02 Å². The number of carbonyl (C=O) groups excluding carboxylic acids is 1. The first kappa shape index (κ1) is 16.8. The number of nitrogens with zero attached hydrogens (tertiary/aromatic N) is 3. The fourth-order valence-corrected chi connectivity index (χ4v) is 3.05. The van der Waals surface area contributed by atoms with E-state index in [1.165, 1.54) is 0 Å². The lowest BCUT2D eigenvalue weighted by Gasteiger charge is -2.37. The van der Waals surface area contributed by atoms with Crippen LogP contribution in [0.15, 0.2) is 30.5 Å². The molecule has 24 heavy (non-hydrogen) atoms. The molecule has 128 valence electrons. The lowest BCUT2D eigenvalue weighted by molar-refractivity contribution is 0.0241. The number of pyridine rings is 1. The van der Waals surface area contributed by atoms with Crippen LogP contribution < -0.4 is 4.90 Å². The van der Waals surface area contributed by atoms with Crippen LogP contribution in [0.4, 0.5) is 10.5 Å². The highest BCUT2D eigenvalue weighted by Gasteiger charge is 2.26. The summed E-state index contributed by atoms with van der Waals surface area (Å²) in [7, 11) is 0. The minimum atomic E-state index is -0.468. The molecule has 5 nitrogen and oxygen atoms in total. The van der Waals surface area contributed by atoms with Crippen molar-refractivity contribution >= 4 is 34.3 Å². The molecular formula is C18H22ClN3O2.